The monoisotopic (exact) mass is 220 g/mol. The Kier molecular flexibility index (Phi) is 3.05. The maximum Gasteiger partial charge on any atom is 0.209 e. The summed E-state index contributed by atoms with van der Waals surface area (Å²) in [5.74, 6) is 0.117. The lowest BCUT2D eigenvalue weighted by Gasteiger charge is -2.01. The summed E-state index contributed by atoms with van der Waals surface area (Å²) in [6, 6.07) is 0. The van der Waals surface area contributed by atoms with Crippen LogP contribution in [0.2, 0.25) is 0 Å². The quantitative estimate of drug-likeness (QED) is 0.810. The third kappa shape index (κ3) is 2.49. The summed E-state index contributed by atoms with van der Waals surface area (Å²) in [6.45, 7) is 2.40. The first-order chi connectivity index (χ1) is 5.95. The van der Waals surface area contributed by atoms with Gasteiger partial charge in [-0.25, -0.2) is 13.4 Å². The Balaban J connectivity index is 3.00. The minimum atomic E-state index is -3.16. The van der Waals surface area contributed by atoms with E-state index in [0.29, 0.717) is 6.54 Å². The Morgan fingerprint density at radius 3 is 2.69 bits per heavy atom. The van der Waals surface area contributed by atoms with Crippen LogP contribution in [0.5, 0.6) is 0 Å². The molecule has 0 aromatic carbocycles. The lowest BCUT2D eigenvalue weighted by molar-refractivity contribution is 0.600. The topological polar surface area (TPSA) is 73.1 Å². The SMILES string of the molecule is CC(CN)c1csc(S(C)(=O)=O)n1. The normalized spacial score (nSPS) is 14.4. The van der Waals surface area contributed by atoms with E-state index in [1.54, 1.807) is 5.38 Å². The number of hydrogen-bond acceptors (Lipinski definition) is 5. The van der Waals surface area contributed by atoms with Gasteiger partial charge in [0.15, 0.2) is 0 Å². The Hall–Kier alpha value is -0.460. The molecule has 0 fully saturated rings. The fourth-order valence-corrected chi connectivity index (χ4v) is 2.57. The third-order valence-electron chi connectivity index (χ3n) is 1.68. The first-order valence-electron chi connectivity index (χ1n) is 3.80. The minimum absolute atomic E-state index is 0.117. The van der Waals surface area contributed by atoms with Crippen LogP contribution >= 0.6 is 11.3 Å². The van der Waals surface area contributed by atoms with E-state index in [-0.39, 0.29) is 10.3 Å². The highest BCUT2D eigenvalue weighted by molar-refractivity contribution is 7.92. The van der Waals surface area contributed by atoms with Crippen molar-refractivity contribution in [2.45, 2.75) is 17.2 Å². The molecule has 1 aromatic heterocycles. The first kappa shape index (κ1) is 10.6. The average Bonchev–Trinajstić information content (AvgIpc) is 2.50. The molecule has 0 spiro atoms. The maximum atomic E-state index is 11.1. The zero-order valence-electron chi connectivity index (χ0n) is 7.52. The molecule has 0 amide bonds. The molecule has 1 unspecified atom stereocenters. The largest absolute Gasteiger partial charge is 0.330 e. The molecule has 1 heterocycles. The van der Waals surface area contributed by atoms with Crippen molar-refractivity contribution >= 4 is 21.2 Å². The number of thiazole rings is 1. The van der Waals surface area contributed by atoms with E-state index in [0.717, 1.165) is 23.3 Å². The van der Waals surface area contributed by atoms with Crippen LogP contribution < -0.4 is 5.73 Å². The van der Waals surface area contributed by atoms with Gasteiger partial charge in [0.25, 0.3) is 0 Å². The van der Waals surface area contributed by atoms with Crippen molar-refractivity contribution in [3.63, 3.8) is 0 Å². The Morgan fingerprint density at radius 2 is 2.31 bits per heavy atom. The second-order valence-electron chi connectivity index (χ2n) is 2.95. The highest BCUT2D eigenvalue weighted by Crippen LogP contribution is 2.20. The van der Waals surface area contributed by atoms with Gasteiger partial charge in [0, 0.05) is 24.1 Å². The molecule has 0 aliphatic heterocycles. The van der Waals surface area contributed by atoms with Gasteiger partial charge < -0.3 is 5.73 Å². The summed E-state index contributed by atoms with van der Waals surface area (Å²) >= 11 is 1.15. The van der Waals surface area contributed by atoms with Crippen LogP contribution in [0.1, 0.15) is 18.5 Å². The lowest BCUT2D eigenvalue weighted by atomic mass is 10.1. The van der Waals surface area contributed by atoms with Gasteiger partial charge in [-0.05, 0) is 0 Å². The molecule has 1 aromatic rings. The smallest absolute Gasteiger partial charge is 0.209 e. The molecule has 0 radical (unpaired) electrons. The van der Waals surface area contributed by atoms with Crippen LogP contribution in [0.4, 0.5) is 0 Å². The van der Waals surface area contributed by atoms with Gasteiger partial charge in [-0.2, -0.15) is 0 Å². The van der Waals surface area contributed by atoms with Gasteiger partial charge in [-0.1, -0.05) is 6.92 Å². The molecular formula is C7H12N2O2S2. The van der Waals surface area contributed by atoms with Crippen molar-refractivity contribution < 1.29 is 8.42 Å². The van der Waals surface area contributed by atoms with Crippen LogP contribution in [0, 0.1) is 0 Å². The van der Waals surface area contributed by atoms with Gasteiger partial charge >= 0.3 is 0 Å². The van der Waals surface area contributed by atoms with Crippen molar-refractivity contribution in [1.29, 1.82) is 0 Å². The molecule has 4 nitrogen and oxygen atoms in total. The second kappa shape index (κ2) is 3.73. The number of sulfone groups is 1. The van der Waals surface area contributed by atoms with Gasteiger partial charge in [0.05, 0.1) is 5.69 Å². The fraction of sp³-hybridized carbons (Fsp3) is 0.571. The summed E-state index contributed by atoms with van der Waals surface area (Å²) in [5.41, 5.74) is 6.19. The Labute approximate surface area is 81.7 Å². The molecule has 0 aliphatic carbocycles. The van der Waals surface area contributed by atoms with Gasteiger partial charge in [0.2, 0.25) is 14.2 Å². The zero-order valence-corrected chi connectivity index (χ0v) is 9.15. The molecule has 1 rings (SSSR count). The third-order valence-corrected chi connectivity index (χ3v) is 4.25. The molecule has 2 N–H and O–H groups in total. The summed E-state index contributed by atoms with van der Waals surface area (Å²) in [7, 11) is -3.16. The molecule has 0 saturated carbocycles. The van der Waals surface area contributed by atoms with E-state index in [1.165, 1.54) is 0 Å². The summed E-state index contributed by atoms with van der Waals surface area (Å²) in [4.78, 5) is 4.00. The molecular weight excluding hydrogens is 208 g/mol. The first-order valence-corrected chi connectivity index (χ1v) is 6.58. The molecule has 6 heteroatoms. The van der Waals surface area contributed by atoms with Crippen molar-refractivity contribution in [2.75, 3.05) is 12.8 Å². The number of rotatable bonds is 3. The number of aromatic nitrogens is 1. The molecule has 0 aliphatic rings. The van der Waals surface area contributed by atoms with Crippen molar-refractivity contribution in [2.24, 2.45) is 5.73 Å². The van der Waals surface area contributed by atoms with E-state index < -0.39 is 9.84 Å². The van der Waals surface area contributed by atoms with E-state index in [9.17, 15) is 8.42 Å². The minimum Gasteiger partial charge on any atom is -0.330 e. The summed E-state index contributed by atoms with van der Waals surface area (Å²) in [6.07, 6.45) is 1.16. The maximum absolute atomic E-state index is 11.1. The van der Waals surface area contributed by atoms with Crippen molar-refractivity contribution in [3.8, 4) is 0 Å². The molecule has 1 atom stereocenters. The predicted molar refractivity (Wildman–Crippen MR) is 52.7 cm³/mol. The van der Waals surface area contributed by atoms with Crippen LogP contribution in [0.15, 0.2) is 9.72 Å². The standard InChI is InChI=1S/C7H12N2O2S2/c1-5(3-8)6-4-12-7(9-6)13(2,10)11/h4-5H,3,8H2,1-2H3. The molecule has 0 bridgehead atoms. The highest BCUT2D eigenvalue weighted by atomic mass is 32.2. The van der Waals surface area contributed by atoms with Crippen LogP contribution in [-0.4, -0.2) is 26.2 Å². The van der Waals surface area contributed by atoms with Crippen molar-refractivity contribution in [3.05, 3.63) is 11.1 Å². The van der Waals surface area contributed by atoms with Crippen molar-refractivity contribution in [1.82, 2.24) is 4.98 Å². The summed E-state index contributed by atoms with van der Waals surface area (Å²) in [5, 5.41) is 1.74. The number of nitrogens with zero attached hydrogens (tertiary/aromatic N) is 1. The van der Waals surface area contributed by atoms with E-state index in [4.69, 9.17) is 5.73 Å². The fourth-order valence-electron chi connectivity index (χ4n) is 0.786. The van der Waals surface area contributed by atoms with E-state index in [2.05, 4.69) is 4.98 Å². The van der Waals surface area contributed by atoms with Crippen LogP contribution in [0.25, 0.3) is 0 Å². The Morgan fingerprint density at radius 1 is 1.69 bits per heavy atom. The van der Waals surface area contributed by atoms with E-state index in [1.807, 2.05) is 6.92 Å². The highest BCUT2D eigenvalue weighted by Gasteiger charge is 2.14. The zero-order chi connectivity index (χ0) is 10.1. The Bertz CT molecular complexity index is 383. The van der Waals surface area contributed by atoms with E-state index >= 15 is 0 Å². The van der Waals surface area contributed by atoms with Gasteiger partial charge in [-0.15, -0.1) is 11.3 Å². The second-order valence-corrected chi connectivity index (χ2v) is 5.99. The summed E-state index contributed by atoms with van der Waals surface area (Å²) < 4.78 is 22.3. The predicted octanol–water partition coefficient (Wildman–Crippen LogP) is 0.609. The molecule has 0 saturated heterocycles. The number of nitrogens with two attached hydrogens (primary N) is 1. The van der Waals surface area contributed by atoms with Crippen LogP contribution in [0.3, 0.4) is 0 Å². The van der Waals surface area contributed by atoms with Gasteiger partial charge in [0.1, 0.15) is 0 Å². The average molecular weight is 220 g/mol. The molecule has 13 heavy (non-hydrogen) atoms. The number of hydrogen-bond donors (Lipinski definition) is 1. The van der Waals surface area contributed by atoms with Crippen LogP contribution in [-0.2, 0) is 9.84 Å². The lowest BCUT2D eigenvalue weighted by Crippen LogP contribution is -2.09. The molecule has 74 valence electrons. The van der Waals surface area contributed by atoms with Gasteiger partial charge in [-0.3, -0.25) is 0 Å².